The molecule has 0 aliphatic heterocycles. The first-order chi connectivity index (χ1) is 10.1. The van der Waals surface area contributed by atoms with Crippen molar-refractivity contribution in [2.24, 2.45) is 0 Å². The molecular weight excluding hydrogens is 335 g/mol. The second kappa shape index (κ2) is 7.52. The lowest BCUT2D eigenvalue weighted by Gasteiger charge is -2.14. The molecule has 5 heteroatoms. The number of nitrogens with one attached hydrogen (secondary N) is 1. The lowest BCUT2D eigenvalue weighted by atomic mass is 10.1. The Morgan fingerprint density at radius 2 is 2.14 bits per heavy atom. The van der Waals surface area contributed by atoms with Gasteiger partial charge in [0.25, 0.3) is 0 Å². The van der Waals surface area contributed by atoms with Gasteiger partial charge < -0.3 is 10.1 Å². The standard InChI is InChI=1S/C16H18BrFN2O/c1-3-7-19-11(2)12-6-8-20-16(9-12)21-15-10-13(17)4-5-14(15)18/h4-6,8-11,19H,3,7H2,1-2H3. The second-order valence-electron chi connectivity index (χ2n) is 4.78. The molecule has 0 saturated carbocycles. The number of hydrogen-bond donors (Lipinski definition) is 1. The minimum atomic E-state index is -0.414. The van der Waals surface area contributed by atoms with E-state index in [4.69, 9.17) is 4.74 Å². The molecule has 1 atom stereocenters. The van der Waals surface area contributed by atoms with E-state index in [1.54, 1.807) is 18.3 Å². The highest BCUT2D eigenvalue weighted by atomic mass is 79.9. The average Bonchev–Trinajstić information content (AvgIpc) is 2.49. The number of nitrogens with zero attached hydrogens (tertiary/aromatic N) is 1. The Kier molecular flexibility index (Phi) is 5.70. The van der Waals surface area contributed by atoms with Crippen molar-refractivity contribution < 1.29 is 9.13 Å². The monoisotopic (exact) mass is 352 g/mol. The third-order valence-electron chi connectivity index (χ3n) is 3.07. The lowest BCUT2D eigenvalue weighted by Crippen LogP contribution is -2.19. The molecule has 0 spiro atoms. The fraction of sp³-hybridized carbons (Fsp3) is 0.312. The maximum absolute atomic E-state index is 13.7. The summed E-state index contributed by atoms with van der Waals surface area (Å²) in [6, 6.07) is 8.52. The number of halogens is 2. The Hall–Kier alpha value is -1.46. The van der Waals surface area contributed by atoms with Crippen LogP contribution in [0.4, 0.5) is 4.39 Å². The highest BCUT2D eigenvalue weighted by Crippen LogP contribution is 2.27. The van der Waals surface area contributed by atoms with Gasteiger partial charge in [0.2, 0.25) is 5.88 Å². The first kappa shape index (κ1) is 15.9. The number of pyridine rings is 1. The van der Waals surface area contributed by atoms with Gasteiger partial charge in [-0.3, -0.25) is 0 Å². The van der Waals surface area contributed by atoms with Crippen molar-refractivity contribution in [3.8, 4) is 11.6 Å². The normalized spacial score (nSPS) is 12.2. The molecule has 0 bridgehead atoms. The molecule has 2 rings (SSSR count). The molecule has 1 heterocycles. The van der Waals surface area contributed by atoms with Gasteiger partial charge in [-0.2, -0.15) is 0 Å². The number of aromatic nitrogens is 1. The Balaban J connectivity index is 2.15. The van der Waals surface area contributed by atoms with E-state index in [1.165, 1.54) is 6.07 Å². The minimum Gasteiger partial charge on any atom is -0.436 e. The minimum absolute atomic E-state index is 0.156. The summed E-state index contributed by atoms with van der Waals surface area (Å²) in [4.78, 5) is 4.14. The quantitative estimate of drug-likeness (QED) is 0.807. The zero-order valence-electron chi connectivity index (χ0n) is 12.1. The second-order valence-corrected chi connectivity index (χ2v) is 5.70. The van der Waals surface area contributed by atoms with Crippen LogP contribution in [0.2, 0.25) is 0 Å². The van der Waals surface area contributed by atoms with Crippen LogP contribution >= 0.6 is 15.9 Å². The molecular formula is C16H18BrFN2O. The molecule has 0 saturated heterocycles. The molecule has 0 radical (unpaired) electrons. The average molecular weight is 353 g/mol. The van der Waals surface area contributed by atoms with Gasteiger partial charge in [-0.25, -0.2) is 9.37 Å². The Bertz CT molecular complexity index is 607. The van der Waals surface area contributed by atoms with Crippen LogP contribution in [0, 0.1) is 5.82 Å². The predicted molar refractivity (Wildman–Crippen MR) is 85.1 cm³/mol. The predicted octanol–water partition coefficient (Wildman–Crippen LogP) is 4.84. The van der Waals surface area contributed by atoms with Crippen LogP contribution in [0.1, 0.15) is 31.9 Å². The van der Waals surface area contributed by atoms with E-state index in [0.717, 1.165) is 23.0 Å². The summed E-state index contributed by atoms with van der Waals surface area (Å²) in [6.07, 6.45) is 2.74. The molecule has 0 fully saturated rings. The van der Waals surface area contributed by atoms with Crippen LogP contribution in [0.15, 0.2) is 41.0 Å². The first-order valence-electron chi connectivity index (χ1n) is 6.92. The number of hydrogen-bond acceptors (Lipinski definition) is 3. The van der Waals surface area contributed by atoms with Crippen molar-refractivity contribution in [1.29, 1.82) is 0 Å². The summed E-state index contributed by atoms with van der Waals surface area (Å²) >= 11 is 3.30. The smallest absolute Gasteiger partial charge is 0.219 e. The number of benzene rings is 1. The van der Waals surface area contributed by atoms with E-state index in [0.29, 0.717) is 5.88 Å². The van der Waals surface area contributed by atoms with Crippen molar-refractivity contribution in [2.75, 3.05) is 6.54 Å². The van der Waals surface area contributed by atoms with Crippen LogP contribution in [-0.4, -0.2) is 11.5 Å². The van der Waals surface area contributed by atoms with Gasteiger partial charge in [0.1, 0.15) is 0 Å². The Morgan fingerprint density at radius 1 is 1.33 bits per heavy atom. The highest BCUT2D eigenvalue weighted by Gasteiger charge is 2.09. The zero-order valence-corrected chi connectivity index (χ0v) is 13.7. The molecule has 0 aliphatic rings. The van der Waals surface area contributed by atoms with Crippen molar-refractivity contribution in [2.45, 2.75) is 26.3 Å². The lowest BCUT2D eigenvalue weighted by molar-refractivity contribution is 0.425. The topological polar surface area (TPSA) is 34.2 Å². The summed E-state index contributed by atoms with van der Waals surface area (Å²) in [7, 11) is 0. The van der Waals surface area contributed by atoms with Crippen molar-refractivity contribution in [3.05, 3.63) is 52.4 Å². The highest BCUT2D eigenvalue weighted by molar-refractivity contribution is 9.10. The van der Waals surface area contributed by atoms with Crippen molar-refractivity contribution in [3.63, 3.8) is 0 Å². The van der Waals surface area contributed by atoms with Gasteiger partial charge in [0.05, 0.1) is 0 Å². The van der Waals surface area contributed by atoms with Crippen molar-refractivity contribution in [1.82, 2.24) is 10.3 Å². The third kappa shape index (κ3) is 4.51. The van der Waals surface area contributed by atoms with E-state index in [9.17, 15) is 4.39 Å². The zero-order chi connectivity index (χ0) is 15.2. The summed E-state index contributed by atoms with van der Waals surface area (Å²) in [5.74, 6) is 0.125. The third-order valence-corrected chi connectivity index (χ3v) is 3.56. The first-order valence-corrected chi connectivity index (χ1v) is 7.71. The van der Waals surface area contributed by atoms with E-state index in [2.05, 4.69) is 40.1 Å². The summed E-state index contributed by atoms with van der Waals surface area (Å²) in [6.45, 7) is 5.14. The van der Waals surface area contributed by atoms with E-state index in [-0.39, 0.29) is 11.8 Å². The molecule has 3 nitrogen and oxygen atoms in total. The molecule has 0 amide bonds. The Morgan fingerprint density at radius 3 is 2.90 bits per heavy atom. The summed E-state index contributed by atoms with van der Waals surface area (Å²) < 4.78 is 20.0. The molecule has 1 unspecified atom stereocenters. The van der Waals surface area contributed by atoms with Crippen LogP contribution in [0.5, 0.6) is 11.6 Å². The maximum atomic E-state index is 13.7. The summed E-state index contributed by atoms with van der Waals surface area (Å²) in [5, 5.41) is 3.40. The van der Waals surface area contributed by atoms with Gasteiger partial charge >= 0.3 is 0 Å². The van der Waals surface area contributed by atoms with Gasteiger partial charge in [0.15, 0.2) is 11.6 Å². The molecule has 21 heavy (non-hydrogen) atoms. The molecule has 112 valence electrons. The van der Waals surface area contributed by atoms with Gasteiger partial charge in [-0.1, -0.05) is 22.9 Å². The molecule has 1 aromatic carbocycles. The fourth-order valence-corrected chi connectivity index (χ4v) is 2.24. The van der Waals surface area contributed by atoms with E-state index in [1.807, 2.05) is 12.1 Å². The molecule has 0 aliphatic carbocycles. The van der Waals surface area contributed by atoms with Crippen LogP contribution in [0.3, 0.4) is 0 Å². The number of ether oxygens (including phenoxy) is 1. The SMILES string of the molecule is CCCNC(C)c1ccnc(Oc2cc(Br)ccc2F)c1. The maximum Gasteiger partial charge on any atom is 0.219 e. The molecule has 2 aromatic rings. The molecule has 1 aromatic heterocycles. The fourth-order valence-electron chi connectivity index (χ4n) is 1.90. The van der Waals surface area contributed by atoms with Crippen LogP contribution < -0.4 is 10.1 Å². The van der Waals surface area contributed by atoms with E-state index < -0.39 is 5.82 Å². The number of rotatable bonds is 6. The summed E-state index contributed by atoms with van der Waals surface area (Å²) in [5.41, 5.74) is 1.06. The van der Waals surface area contributed by atoms with Crippen molar-refractivity contribution >= 4 is 15.9 Å². The van der Waals surface area contributed by atoms with Gasteiger partial charge in [0, 0.05) is 22.8 Å². The van der Waals surface area contributed by atoms with Gasteiger partial charge in [-0.15, -0.1) is 0 Å². The Labute approximate surface area is 132 Å². The largest absolute Gasteiger partial charge is 0.436 e. The van der Waals surface area contributed by atoms with Crippen LogP contribution in [-0.2, 0) is 0 Å². The molecule has 1 N–H and O–H groups in total. The van der Waals surface area contributed by atoms with Crippen LogP contribution in [0.25, 0.3) is 0 Å². The van der Waals surface area contributed by atoms with Gasteiger partial charge in [-0.05, 0) is 49.7 Å². The van der Waals surface area contributed by atoms with E-state index >= 15 is 0 Å².